The van der Waals surface area contributed by atoms with Gasteiger partial charge < -0.3 is 10.3 Å². The van der Waals surface area contributed by atoms with Crippen LogP contribution in [-0.2, 0) is 11.3 Å². The van der Waals surface area contributed by atoms with Gasteiger partial charge >= 0.3 is 6.03 Å². The van der Waals surface area contributed by atoms with Crippen molar-refractivity contribution in [2.75, 3.05) is 0 Å². The van der Waals surface area contributed by atoms with E-state index in [0.717, 1.165) is 5.39 Å². The normalized spacial score (nSPS) is 10.4. The van der Waals surface area contributed by atoms with Crippen LogP contribution in [0.3, 0.4) is 0 Å². The van der Waals surface area contributed by atoms with E-state index in [4.69, 9.17) is 5.73 Å². The zero-order chi connectivity index (χ0) is 12.4. The third kappa shape index (κ3) is 2.41. The van der Waals surface area contributed by atoms with E-state index < -0.39 is 11.9 Å². The highest BCUT2D eigenvalue weighted by Gasteiger charge is 2.08. The van der Waals surface area contributed by atoms with Crippen molar-refractivity contribution in [1.29, 1.82) is 0 Å². The van der Waals surface area contributed by atoms with Crippen LogP contribution in [0.4, 0.5) is 9.18 Å². The molecule has 0 bridgehead atoms. The Morgan fingerprint density at radius 3 is 2.82 bits per heavy atom. The number of aromatic nitrogens is 1. The average Bonchev–Trinajstić information content (AvgIpc) is 2.60. The maximum atomic E-state index is 13.1. The molecule has 3 amide bonds. The number of urea groups is 1. The minimum absolute atomic E-state index is 0.0874. The molecule has 0 spiro atoms. The van der Waals surface area contributed by atoms with Crippen LogP contribution in [0.5, 0.6) is 0 Å². The molecule has 17 heavy (non-hydrogen) atoms. The molecule has 5 nitrogen and oxygen atoms in total. The van der Waals surface area contributed by atoms with Crippen molar-refractivity contribution < 1.29 is 14.0 Å². The maximum absolute atomic E-state index is 13.1. The third-order valence-corrected chi connectivity index (χ3v) is 2.31. The molecule has 0 radical (unpaired) electrons. The summed E-state index contributed by atoms with van der Waals surface area (Å²) >= 11 is 0. The number of fused-ring (bicyclic) bond motifs is 1. The van der Waals surface area contributed by atoms with E-state index in [1.54, 1.807) is 18.3 Å². The van der Waals surface area contributed by atoms with Gasteiger partial charge in [-0.1, -0.05) is 0 Å². The van der Waals surface area contributed by atoms with E-state index in [1.807, 2.05) is 5.32 Å². The molecule has 0 aliphatic rings. The highest BCUT2D eigenvalue weighted by molar-refractivity contribution is 5.94. The van der Waals surface area contributed by atoms with Crippen molar-refractivity contribution in [3.8, 4) is 0 Å². The number of amides is 3. The van der Waals surface area contributed by atoms with E-state index in [0.29, 0.717) is 5.52 Å². The lowest BCUT2D eigenvalue weighted by Crippen LogP contribution is -2.37. The van der Waals surface area contributed by atoms with Crippen LogP contribution in [0, 0.1) is 5.82 Å². The molecule has 2 aromatic rings. The number of hydrogen-bond donors (Lipinski definition) is 2. The van der Waals surface area contributed by atoms with Crippen LogP contribution in [0.15, 0.2) is 30.5 Å². The smallest absolute Gasteiger partial charge is 0.318 e. The number of imide groups is 1. The first-order chi connectivity index (χ1) is 8.06. The van der Waals surface area contributed by atoms with Crippen LogP contribution < -0.4 is 11.1 Å². The Labute approximate surface area is 96.0 Å². The quantitative estimate of drug-likeness (QED) is 0.813. The number of nitrogens with zero attached hydrogens (tertiary/aromatic N) is 1. The van der Waals surface area contributed by atoms with E-state index in [9.17, 15) is 14.0 Å². The maximum Gasteiger partial charge on any atom is 0.318 e. The highest BCUT2D eigenvalue weighted by Crippen LogP contribution is 2.16. The Kier molecular flexibility index (Phi) is 2.78. The predicted molar refractivity (Wildman–Crippen MR) is 59.6 cm³/mol. The van der Waals surface area contributed by atoms with E-state index in [1.165, 1.54) is 16.7 Å². The van der Waals surface area contributed by atoms with Crippen LogP contribution in [0.1, 0.15) is 0 Å². The highest BCUT2D eigenvalue weighted by atomic mass is 19.1. The number of carbonyl (C=O) groups excluding carboxylic acids is 2. The van der Waals surface area contributed by atoms with Crippen molar-refractivity contribution in [1.82, 2.24) is 9.88 Å². The molecule has 6 heteroatoms. The molecule has 2 rings (SSSR count). The lowest BCUT2D eigenvalue weighted by atomic mass is 10.2. The Bertz CT molecular complexity index is 591. The van der Waals surface area contributed by atoms with Gasteiger partial charge in [0.05, 0.1) is 5.52 Å². The molecule has 1 heterocycles. The van der Waals surface area contributed by atoms with Crippen LogP contribution >= 0.6 is 0 Å². The monoisotopic (exact) mass is 235 g/mol. The first-order valence-corrected chi connectivity index (χ1v) is 4.90. The van der Waals surface area contributed by atoms with Crippen molar-refractivity contribution in [3.63, 3.8) is 0 Å². The van der Waals surface area contributed by atoms with Gasteiger partial charge in [-0.25, -0.2) is 9.18 Å². The molecular formula is C11H10FN3O2. The summed E-state index contributed by atoms with van der Waals surface area (Å²) in [5.74, 6) is -0.924. The number of rotatable bonds is 2. The minimum atomic E-state index is -0.905. The number of benzene rings is 1. The SMILES string of the molecule is NC(=O)NC(=O)Cn1ccc2ccc(F)cc21. The second kappa shape index (κ2) is 4.25. The molecule has 0 fully saturated rings. The zero-order valence-electron chi connectivity index (χ0n) is 8.81. The second-order valence-corrected chi connectivity index (χ2v) is 3.56. The molecule has 0 saturated carbocycles. The van der Waals surface area contributed by atoms with E-state index in [2.05, 4.69) is 0 Å². The van der Waals surface area contributed by atoms with Gasteiger partial charge in [-0.15, -0.1) is 0 Å². The average molecular weight is 235 g/mol. The first kappa shape index (κ1) is 11.1. The number of halogens is 1. The van der Waals surface area contributed by atoms with Crippen molar-refractivity contribution >= 4 is 22.8 Å². The van der Waals surface area contributed by atoms with Gasteiger partial charge in [0.15, 0.2) is 0 Å². The van der Waals surface area contributed by atoms with Gasteiger partial charge in [-0.05, 0) is 29.7 Å². The van der Waals surface area contributed by atoms with Crippen LogP contribution in [-0.4, -0.2) is 16.5 Å². The number of primary amides is 1. The molecule has 0 aliphatic carbocycles. The summed E-state index contributed by atoms with van der Waals surface area (Å²) in [6, 6.07) is 5.14. The fourth-order valence-electron chi connectivity index (χ4n) is 1.63. The standard InChI is InChI=1S/C11H10FN3O2/c12-8-2-1-7-3-4-15(9(7)5-8)6-10(16)14-11(13)17/h1-5H,6H2,(H3,13,14,16,17). The molecule has 3 N–H and O–H groups in total. The Morgan fingerprint density at radius 1 is 1.35 bits per heavy atom. The Balaban J connectivity index is 2.27. The van der Waals surface area contributed by atoms with Gasteiger partial charge in [0, 0.05) is 6.20 Å². The van der Waals surface area contributed by atoms with Gasteiger partial charge in [-0.3, -0.25) is 10.1 Å². The summed E-state index contributed by atoms with van der Waals surface area (Å²) in [5.41, 5.74) is 5.41. The summed E-state index contributed by atoms with van der Waals surface area (Å²) in [5, 5.41) is 2.76. The zero-order valence-corrected chi connectivity index (χ0v) is 8.81. The summed E-state index contributed by atoms with van der Waals surface area (Å²) in [6.45, 7) is -0.0874. The van der Waals surface area contributed by atoms with Crippen molar-refractivity contribution in [2.24, 2.45) is 5.73 Å². The second-order valence-electron chi connectivity index (χ2n) is 3.56. The molecule has 1 aromatic heterocycles. The summed E-state index contributed by atoms with van der Waals surface area (Å²) in [6.07, 6.45) is 1.64. The molecule has 88 valence electrons. The number of nitrogens with one attached hydrogen (secondary N) is 1. The largest absolute Gasteiger partial charge is 0.351 e. The topological polar surface area (TPSA) is 77.1 Å². The Hall–Kier alpha value is -2.37. The van der Waals surface area contributed by atoms with E-state index >= 15 is 0 Å². The lowest BCUT2D eigenvalue weighted by Gasteiger charge is -2.04. The van der Waals surface area contributed by atoms with Crippen LogP contribution in [0.2, 0.25) is 0 Å². The van der Waals surface area contributed by atoms with Crippen LogP contribution in [0.25, 0.3) is 10.9 Å². The molecule has 1 aromatic carbocycles. The Morgan fingerprint density at radius 2 is 2.12 bits per heavy atom. The first-order valence-electron chi connectivity index (χ1n) is 4.90. The summed E-state index contributed by atoms with van der Waals surface area (Å²) in [7, 11) is 0. The number of nitrogens with two attached hydrogens (primary N) is 1. The van der Waals surface area contributed by atoms with Gasteiger partial charge in [0.2, 0.25) is 5.91 Å². The molecular weight excluding hydrogens is 225 g/mol. The molecule has 0 unspecified atom stereocenters. The fraction of sp³-hybridized carbons (Fsp3) is 0.0909. The minimum Gasteiger partial charge on any atom is -0.351 e. The van der Waals surface area contributed by atoms with Crippen molar-refractivity contribution in [3.05, 3.63) is 36.3 Å². The lowest BCUT2D eigenvalue weighted by molar-refractivity contribution is -0.120. The van der Waals surface area contributed by atoms with Gasteiger partial charge in [0.1, 0.15) is 12.4 Å². The van der Waals surface area contributed by atoms with Gasteiger partial charge in [-0.2, -0.15) is 0 Å². The molecule has 0 atom stereocenters. The number of hydrogen-bond acceptors (Lipinski definition) is 2. The van der Waals surface area contributed by atoms with E-state index in [-0.39, 0.29) is 12.4 Å². The summed E-state index contributed by atoms with van der Waals surface area (Å²) in [4.78, 5) is 21.8. The molecule has 0 aliphatic heterocycles. The number of carbonyl (C=O) groups is 2. The summed E-state index contributed by atoms with van der Waals surface area (Å²) < 4.78 is 14.6. The predicted octanol–water partition coefficient (Wildman–Crippen LogP) is 0.975. The van der Waals surface area contributed by atoms with Crippen molar-refractivity contribution in [2.45, 2.75) is 6.54 Å². The fourth-order valence-corrected chi connectivity index (χ4v) is 1.63. The van der Waals surface area contributed by atoms with Gasteiger partial charge in [0.25, 0.3) is 0 Å². The third-order valence-electron chi connectivity index (χ3n) is 2.31. The molecule has 0 saturated heterocycles.